The topological polar surface area (TPSA) is 70.2 Å². The van der Waals surface area contributed by atoms with E-state index in [-0.39, 0.29) is 11.1 Å². The van der Waals surface area contributed by atoms with Gasteiger partial charge in [0.1, 0.15) is 11.4 Å². The number of nitrogens with one attached hydrogen (secondary N) is 1. The Kier molecular flexibility index (Phi) is 2.23. The highest BCUT2D eigenvalue weighted by Gasteiger charge is 2.10. The Morgan fingerprint density at radius 2 is 2.06 bits per heavy atom. The Balaban J connectivity index is 2.85. The number of aromatic nitrogens is 1. The molecule has 1 aromatic heterocycles. The van der Waals surface area contributed by atoms with Gasteiger partial charge in [-0.1, -0.05) is 0 Å². The molecule has 0 aliphatic carbocycles. The number of carbonyl (C=O) groups is 1. The van der Waals surface area contributed by atoms with Crippen molar-refractivity contribution in [3.05, 3.63) is 45.5 Å². The van der Waals surface area contributed by atoms with Crippen LogP contribution in [0.1, 0.15) is 15.9 Å². The van der Waals surface area contributed by atoms with Crippen molar-refractivity contribution < 1.29 is 14.3 Å². The predicted molar refractivity (Wildman–Crippen MR) is 56.2 cm³/mol. The van der Waals surface area contributed by atoms with Crippen molar-refractivity contribution in [3.63, 3.8) is 0 Å². The number of H-pyrrole nitrogens is 1. The van der Waals surface area contributed by atoms with Crippen LogP contribution in [0, 0.1) is 12.7 Å². The summed E-state index contributed by atoms with van der Waals surface area (Å²) in [6.07, 6.45) is 0. The van der Waals surface area contributed by atoms with E-state index in [4.69, 9.17) is 5.11 Å². The molecule has 2 aromatic rings. The summed E-state index contributed by atoms with van der Waals surface area (Å²) in [4.78, 5) is 24.4. The number of hydrogen-bond donors (Lipinski definition) is 2. The zero-order valence-corrected chi connectivity index (χ0v) is 8.37. The van der Waals surface area contributed by atoms with Crippen molar-refractivity contribution in [2.45, 2.75) is 6.92 Å². The third-order valence-electron chi connectivity index (χ3n) is 2.35. The Morgan fingerprint density at radius 3 is 2.69 bits per heavy atom. The molecule has 0 bridgehead atoms. The number of rotatable bonds is 1. The predicted octanol–water partition coefficient (Wildman–Crippen LogP) is 1.67. The van der Waals surface area contributed by atoms with Crippen molar-refractivity contribution >= 4 is 16.9 Å². The zero-order valence-electron chi connectivity index (χ0n) is 8.37. The molecular weight excluding hydrogens is 213 g/mol. The standard InChI is InChI=1S/C11H8FNO3/c1-5-2-6-3-7(11(15)16)10(14)13-9(6)4-8(5)12/h2-4H,1H3,(H,13,14)(H,15,16). The molecule has 0 unspecified atom stereocenters. The van der Waals surface area contributed by atoms with Crippen molar-refractivity contribution in [2.75, 3.05) is 0 Å². The van der Waals surface area contributed by atoms with Crippen LogP contribution in [0.15, 0.2) is 23.0 Å². The number of hydrogen-bond acceptors (Lipinski definition) is 2. The molecule has 0 saturated carbocycles. The molecule has 2 N–H and O–H groups in total. The molecule has 5 heteroatoms. The third-order valence-corrected chi connectivity index (χ3v) is 2.35. The summed E-state index contributed by atoms with van der Waals surface area (Å²) in [5, 5.41) is 9.25. The largest absolute Gasteiger partial charge is 0.477 e. The minimum Gasteiger partial charge on any atom is -0.477 e. The van der Waals surface area contributed by atoms with Crippen LogP contribution in [0.5, 0.6) is 0 Å². The zero-order chi connectivity index (χ0) is 11.9. The fourth-order valence-electron chi connectivity index (χ4n) is 1.50. The lowest BCUT2D eigenvalue weighted by Gasteiger charge is -2.02. The van der Waals surface area contributed by atoms with Gasteiger partial charge in [0.05, 0.1) is 5.52 Å². The van der Waals surface area contributed by atoms with Gasteiger partial charge in [-0.15, -0.1) is 0 Å². The first-order chi connectivity index (χ1) is 7.49. The van der Waals surface area contributed by atoms with Gasteiger partial charge in [0.2, 0.25) is 0 Å². The molecule has 0 amide bonds. The van der Waals surface area contributed by atoms with E-state index in [0.29, 0.717) is 10.9 Å². The van der Waals surface area contributed by atoms with Gasteiger partial charge in [0, 0.05) is 0 Å². The second kappa shape index (κ2) is 3.44. The fourth-order valence-corrected chi connectivity index (χ4v) is 1.50. The van der Waals surface area contributed by atoms with Crippen LogP contribution in [0.25, 0.3) is 10.9 Å². The minimum atomic E-state index is -1.30. The lowest BCUT2D eigenvalue weighted by atomic mass is 10.1. The third kappa shape index (κ3) is 1.56. The van der Waals surface area contributed by atoms with Crippen LogP contribution in [-0.2, 0) is 0 Å². The first-order valence-corrected chi connectivity index (χ1v) is 4.55. The Bertz CT molecular complexity index is 645. The molecule has 0 atom stereocenters. The maximum absolute atomic E-state index is 13.2. The van der Waals surface area contributed by atoms with Crippen LogP contribution in [0.2, 0.25) is 0 Å². The highest BCUT2D eigenvalue weighted by Crippen LogP contribution is 2.16. The van der Waals surface area contributed by atoms with E-state index in [1.54, 1.807) is 6.92 Å². The summed E-state index contributed by atoms with van der Waals surface area (Å²) in [6.45, 7) is 1.57. The van der Waals surface area contributed by atoms with Crippen molar-refractivity contribution in [1.82, 2.24) is 4.98 Å². The van der Waals surface area contributed by atoms with Crippen LogP contribution in [0.4, 0.5) is 4.39 Å². The number of carboxylic acids is 1. The Labute approximate surface area is 89.3 Å². The van der Waals surface area contributed by atoms with Crippen molar-refractivity contribution in [2.24, 2.45) is 0 Å². The van der Waals surface area contributed by atoms with Gasteiger partial charge in [-0.05, 0) is 36.1 Å². The van der Waals surface area contributed by atoms with Crippen LogP contribution in [-0.4, -0.2) is 16.1 Å². The molecule has 1 heterocycles. The highest BCUT2D eigenvalue weighted by atomic mass is 19.1. The summed E-state index contributed by atoms with van der Waals surface area (Å²) in [6, 6.07) is 3.91. The lowest BCUT2D eigenvalue weighted by Crippen LogP contribution is -2.17. The van der Waals surface area contributed by atoms with Gasteiger partial charge < -0.3 is 10.1 Å². The number of fused-ring (bicyclic) bond motifs is 1. The highest BCUT2D eigenvalue weighted by molar-refractivity contribution is 5.92. The SMILES string of the molecule is Cc1cc2cc(C(=O)O)c(=O)[nH]c2cc1F. The molecule has 0 aliphatic rings. The number of carboxylic acid groups (broad SMARTS) is 1. The molecular formula is C11H8FNO3. The molecule has 0 fully saturated rings. The lowest BCUT2D eigenvalue weighted by molar-refractivity contribution is 0.0695. The number of aromatic carboxylic acids is 1. The molecule has 82 valence electrons. The smallest absolute Gasteiger partial charge is 0.341 e. The second-order valence-electron chi connectivity index (χ2n) is 3.51. The Morgan fingerprint density at radius 1 is 1.38 bits per heavy atom. The molecule has 0 saturated heterocycles. The number of aryl methyl sites for hydroxylation is 1. The van der Waals surface area contributed by atoms with Gasteiger partial charge in [0.25, 0.3) is 5.56 Å². The fraction of sp³-hybridized carbons (Fsp3) is 0.0909. The first-order valence-electron chi connectivity index (χ1n) is 4.55. The monoisotopic (exact) mass is 221 g/mol. The molecule has 4 nitrogen and oxygen atoms in total. The number of pyridine rings is 1. The summed E-state index contributed by atoms with van der Waals surface area (Å²) in [5.41, 5.74) is -0.393. The molecule has 0 radical (unpaired) electrons. The number of benzene rings is 1. The van der Waals surface area contributed by atoms with Gasteiger partial charge in [-0.2, -0.15) is 0 Å². The van der Waals surface area contributed by atoms with E-state index < -0.39 is 17.3 Å². The van der Waals surface area contributed by atoms with Crippen LogP contribution < -0.4 is 5.56 Å². The summed E-state index contributed by atoms with van der Waals surface area (Å²) in [7, 11) is 0. The number of halogens is 1. The first kappa shape index (κ1) is 10.4. The molecule has 16 heavy (non-hydrogen) atoms. The van der Waals surface area contributed by atoms with E-state index >= 15 is 0 Å². The van der Waals surface area contributed by atoms with Gasteiger partial charge in [0.15, 0.2) is 0 Å². The average molecular weight is 221 g/mol. The maximum Gasteiger partial charge on any atom is 0.341 e. The maximum atomic E-state index is 13.2. The van der Waals surface area contributed by atoms with Crippen LogP contribution >= 0.6 is 0 Å². The molecule has 2 rings (SSSR count). The van der Waals surface area contributed by atoms with E-state index in [2.05, 4.69) is 4.98 Å². The summed E-state index contributed by atoms with van der Waals surface area (Å²) >= 11 is 0. The molecule has 1 aromatic carbocycles. The van der Waals surface area contributed by atoms with Crippen molar-refractivity contribution in [1.29, 1.82) is 0 Å². The minimum absolute atomic E-state index is 0.290. The van der Waals surface area contributed by atoms with Gasteiger partial charge in [-0.3, -0.25) is 4.79 Å². The molecule has 0 spiro atoms. The normalized spacial score (nSPS) is 10.6. The summed E-state index contributed by atoms with van der Waals surface area (Å²) in [5.74, 6) is -1.74. The van der Waals surface area contributed by atoms with Gasteiger partial charge >= 0.3 is 5.97 Å². The van der Waals surface area contributed by atoms with E-state index in [0.717, 1.165) is 0 Å². The van der Waals surface area contributed by atoms with Crippen molar-refractivity contribution in [3.8, 4) is 0 Å². The second-order valence-corrected chi connectivity index (χ2v) is 3.51. The van der Waals surface area contributed by atoms with Gasteiger partial charge in [-0.25, -0.2) is 9.18 Å². The van der Waals surface area contributed by atoms with Crippen LogP contribution in [0.3, 0.4) is 0 Å². The molecule has 0 aliphatic heterocycles. The van der Waals surface area contributed by atoms with E-state index in [1.165, 1.54) is 18.2 Å². The number of aromatic amines is 1. The van der Waals surface area contributed by atoms with E-state index in [9.17, 15) is 14.0 Å². The quantitative estimate of drug-likeness (QED) is 0.769. The summed E-state index contributed by atoms with van der Waals surface area (Å²) < 4.78 is 13.2. The average Bonchev–Trinajstić information content (AvgIpc) is 2.19. The van der Waals surface area contributed by atoms with E-state index in [1.807, 2.05) is 0 Å². The Hall–Kier alpha value is -2.17.